The second-order valence-corrected chi connectivity index (χ2v) is 4.48. The van der Waals surface area contributed by atoms with Crippen molar-refractivity contribution in [2.45, 2.75) is 31.8 Å². The maximum atomic E-state index is 12.9. The fourth-order valence-corrected chi connectivity index (χ4v) is 2.54. The molecule has 88 valence electrons. The van der Waals surface area contributed by atoms with Crippen LogP contribution < -0.4 is 5.73 Å². The first-order valence-corrected chi connectivity index (χ1v) is 5.97. The van der Waals surface area contributed by atoms with Crippen LogP contribution in [0.15, 0.2) is 24.3 Å². The molecule has 0 spiro atoms. The normalized spacial score (nSPS) is 26.2. The number of likely N-dealkylation sites (tertiary alicyclic amines) is 1. The third kappa shape index (κ3) is 2.25. The first-order chi connectivity index (χ1) is 7.72. The maximum absolute atomic E-state index is 12.9. The Kier molecular flexibility index (Phi) is 3.56. The van der Waals surface area contributed by atoms with E-state index in [9.17, 15) is 4.39 Å². The Bertz CT molecular complexity index is 334. The minimum atomic E-state index is -0.183. The van der Waals surface area contributed by atoms with Gasteiger partial charge in [-0.1, -0.05) is 19.1 Å². The van der Waals surface area contributed by atoms with Crippen LogP contribution in [0.4, 0.5) is 4.39 Å². The molecule has 2 atom stereocenters. The predicted molar refractivity (Wildman–Crippen MR) is 63.6 cm³/mol. The number of nitrogens with two attached hydrogens (primary N) is 1. The largest absolute Gasteiger partial charge is 0.326 e. The van der Waals surface area contributed by atoms with Crippen molar-refractivity contribution in [2.24, 2.45) is 5.73 Å². The number of benzene rings is 1. The Morgan fingerprint density at radius 1 is 1.38 bits per heavy atom. The van der Waals surface area contributed by atoms with E-state index < -0.39 is 0 Å². The van der Waals surface area contributed by atoms with Gasteiger partial charge in [0, 0.05) is 18.6 Å². The zero-order chi connectivity index (χ0) is 11.5. The number of halogens is 1. The lowest BCUT2D eigenvalue weighted by molar-refractivity contribution is 0.248. The van der Waals surface area contributed by atoms with Crippen LogP contribution in [0, 0.1) is 5.82 Å². The highest BCUT2D eigenvalue weighted by Crippen LogP contribution is 2.31. The van der Waals surface area contributed by atoms with Gasteiger partial charge < -0.3 is 5.73 Å². The first-order valence-electron chi connectivity index (χ1n) is 5.97. The molecule has 1 saturated heterocycles. The van der Waals surface area contributed by atoms with Crippen molar-refractivity contribution >= 4 is 0 Å². The minimum Gasteiger partial charge on any atom is -0.326 e. The van der Waals surface area contributed by atoms with Crippen LogP contribution >= 0.6 is 0 Å². The Hall–Kier alpha value is -0.930. The Labute approximate surface area is 96.2 Å². The molecule has 0 bridgehead atoms. The van der Waals surface area contributed by atoms with Gasteiger partial charge in [-0.15, -0.1) is 0 Å². The lowest BCUT2D eigenvalue weighted by Crippen LogP contribution is -2.32. The van der Waals surface area contributed by atoms with Gasteiger partial charge in [0.1, 0.15) is 5.82 Å². The first kappa shape index (κ1) is 11.6. The number of hydrogen-bond acceptors (Lipinski definition) is 2. The van der Waals surface area contributed by atoms with Gasteiger partial charge in [-0.2, -0.15) is 0 Å². The predicted octanol–water partition coefficient (Wildman–Crippen LogP) is 2.31. The van der Waals surface area contributed by atoms with Crippen LogP contribution in [-0.2, 0) is 0 Å². The molecule has 1 heterocycles. The molecule has 1 aromatic carbocycles. The van der Waals surface area contributed by atoms with Gasteiger partial charge in [-0.3, -0.25) is 4.90 Å². The van der Waals surface area contributed by atoms with E-state index in [2.05, 4.69) is 11.8 Å². The van der Waals surface area contributed by atoms with Crippen LogP contribution in [-0.4, -0.2) is 24.0 Å². The molecule has 0 aromatic heterocycles. The molecule has 1 aliphatic heterocycles. The molecule has 1 fully saturated rings. The molecular formula is C13H19FN2. The molecule has 2 N–H and O–H groups in total. The molecule has 16 heavy (non-hydrogen) atoms. The molecule has 0 radical (unpaired) electrons. The van der Waals surface area contributed by atoms with Gasteiger partial charge in [-0.05, 0) is 37.1 Å². The zero-order valence-corrected chi connectivity index (χ0v) is 9.70. The fraction of sp³-hybridized carbons (Fsp3) is 0.538. The van der Waals surface area contributed by atoms with Crippen molar-refractivity contribution in [1.82, 2.24) is 4.90 Å². The van der Waals surface area contributed by atoms with Gasteiger partial charge in [0.05, 0.1) is 0 Å². The summed E-state index contributed by atoms with van der Waals surface area (Å²) in [5, 5.41) is 0. The highest BCUT2D eigenvalue weighted by molar-refractivity contribution is 5.23. The average Bonchev–Trinajstić information content (AvgIpc) is 2.62. The van der Waals surface area contributed by atoms with Crippen LogP contribution in [0.5, 0.6) is 0 Å². The van der Waals surface area contributed by atoms with E-state index in [1.165, 1.54) is 12.1 Å². The summed E-state index contributed by atoms with van der Waals surface area (Å²) in [5.41, 5.74) is 7.27. The van der Waals surface area contributed by atoms with E-state index in [-0.39, 0.29) is 17.9 Å². The molecule has 3 heteroatoms. The van der Waals surface area contributed by atoms with Crippen LogP contribution in [0.3, 0.4) is 0 Å². The monoisotopic (exact) mass is 222 g/mol. The lowest BCUT2D eigenvalue weighted by atomic mass is 10.0. The van der Waals surface area contributed by atoms with E-state index in [4.69, 9.17) is 5.73 Å². The Morgan fingerprint density at radius 3 is 2.69 bits per heavy atom. The summed E-state index contributed by atoms with van der Waals surface area (Å²) < 4.78 is 12.9. The molecule has 2 nitrogen and oxygen atoms in total. The molecule has 1 aliphatic rings. The van der Waals surface area contributed by atoms with Crippen molar-refractivity contribution in [2.75, 3.05) is 13.1 Å². The van der Waals surface area contributed by atoms with E-state index in [0.29, 0.717) is 0 Å². The van der Waals surface area contributed by atoms with Gasteiger partial charge >= 0.3 is 0 Å². The zero-order valence-electron chi connectivity index (χ0n) is 9.70. The third-order valence-electron chi connectivity index (χ3n) is 3.27. The van der Waals surface area contributed by atoms with Crippen molar-refractivity contribution < 1.29 is 4.39 Å². The van der Waals surface area contributed by atoms with Gasteiger partial charge in [0.2, 0.25) is 0 Å². The number of nitrogens with zero attached hydrogens (tertiary/aromatic N) is 1. The van der Waals surface area contributed by atoms with Crippen molar-refractivity contribution in [3.63, 3.8) is 0 Å². The fourth-order valence-electron chi connectivity index (χ4n) is 2.54. The molecular weight excluding hydrogens is 203 g/mol. The summed E-state index contributed by atoms with van der Waals surface area (Å²) in [7, 11) is 0. The highest BCUT2D eigenvalue weighted by atomic mass is 19.1. The van der Waals surface area contributed by atoms with Crippen molar-refractivity contribution in [3.8, 4) is 0 Å². The van der Waals surface area contributed by atoms with Gasteiger partial charge in [0.25, 0.3) is 0 Å². The molecule has 0 aliphatic carbocycles. The molecule has 1 aromatic rings. The van der Waals surface area contributed by atoms with Crippen molar-refractivity contribution in [3.05, 3.63) is 35.6 Å². The van der Waals surface area contributed by atoms with E-state index in [0.717, 1.165) is 31.5 Å². The summed E-state index contributed by atoms with van der Waals surface area (Å²) in [4.78, 5) is 2.40. The van der Waals surface area contributed by atoms with E-state index >= 15 is 0 Å². The number of hydrogen-bond donors (Lipinski definition) is 1. The second-order valence-electron chi connectivity index (χ2n) is 4.48. The van der Waals surface area contributed by atoms with Gasteiger partial charge in [-0.25, -0.2) is 4.39 Å². The third-order valence-corrected chi connectivity index (χ3v) is 3.27. The summed E-state index contributed by atoms with van der Waals surface area (Å²) in [6.45, 7) is 4.29. The molecule has 2 rings (SSSR count). The van der Waals surface area contributed by atoms with Crippen LogP contribution in [0.1, 0.15) is 31.4 Å². The van der Waals surface area contributed by atoms with E-state index in [1.54, 1.807) is 0 Å². The molecule has 0 amide bonds. The summed E-state index contributed by atoms with van der Waals surface area (Å²) in [6.07, 6.45) is 2.16. The summed E-state index contributed by atoms with van der Waals surface area (Å²) >= 11 is 0. The maximum Gasteiger partial charge on any atom is 0.123 e. The Morgan fingerprint density at radius 2 is 2.06 bits per heavy atom. The smallest absolute Gasteiger partial charge is 0.123 e. The van der Waals surface area contributed by atoms with Crippen LogP contribution in [0.2, 0.25) is 0 Å². The number of rotatable bonds is 3. The summed E-state index contributed by atoms with van der Waals surface area (Å²) in [5.74, 6) is -0.183. The lowest BCUT2D eigenvalue weighted by Gasteiger charge is -2.26. The average molecular weight is 222 g/mol. The van der Waals surface area contributed by atoms with Gasteiger partial charge in [0.15, 0.2) is 0 Å². The molecule has 0 saturated carbocycles. The molecule has 2 unspecified atom stereocenters. The second kappa shape index (κ2) is 4.93. The summed E-state index contributed by atoms with van der Waals surface area (Å²) in [6, 6.07) is 7.19. The SMILES string of the molecule is CCCN1CCC(N)C1c1ccc(F)cc1. The minimum absolute atomic E-state index is 0.178. The van der Waals surface area contributed by atoms with Crippen LogP contribution in [0.25, 0.3) is 0 Å². The van der Waals surface area contributed by atoms with Crippen molar-refractivity contribution in [1.29, 1.82) is 0 Å². The Balaban J connectivity index is 2.19. The highest BCUT2D eigenvalue weighted by Gasteiger charge is 2.31. The van der Waals surface area contributed by atoms with E-state index in [1.807, 2.05) is 12.1 Å². The quantitative estimate of drug-likeness (QED) is 0.850. The standard InChI is InChI=1S/C13H19FN2/c1-2-8-16-9-7-12(15)13(16)10-3-5-11(14)6-4-10/h3-6,12-13H,2,7-9,15H2,1H3. The topological polar surface area (TPSA) is 29.3 Å².